The summed E-state index contributed by atoms with van der Waals surface area (Å²) in [6.07, 6.45) is 8.61. The zero-order chi connectivity index (χ0) is 14.8. The van der Waals surface area contributed by atoms with E-state index in [1.54, 1.807) is 11.8 Å². The van der Waals surface area contributed by atoms with Crippen LogP contribution in [0.1, 0.15) is 57.9 Å². The molecule has 1 aromatic rings. The summed E-state index contributed by atoms with van der Waals surface area (Å²) in [4.78, 5) is 11.9. The molecule has 0 amide bonds. The van der Waals surface area contributed by atoms with Gasteiger partial charge in [0.25, 0.3) is 0 Å². The van der Waals surface area contributed by atoms with Crippen molar-refractivity contribution in [2.45, 2.75) is 74.4 Å². The van der Waals surface area contributed by atoms with Gasteiger partial charge in [0.1, 0.15) is 0 Å². The predicted molar refractivity (Wildman–Crippen MR) is 85.9 cm³/mol. The third-order valence-electron chi connectivity index (χ3n) is 4.81. The van der Waals surface area contributed by atoms with E-state index in [0.717, 1.165) is 23.9 Å². The Morgan fingerprint density at radius 2 is 2.19 bits per heavy atom. The molecular formula is C15H26N4OS. The lowest BCUT2D eigenvalue weighted by molar-refractivity contribution is 0.295. The Hall–Kier alpha value is -0.750. The van der Waals surface area contributed by atoms with E-state index in [4.69, 9.17) is 0 Å². The number of hydrogen-bond acceptors (Lipinski definition) is 4. The summed E-state index contributed by atoms with van der Waals surface area (Å²) in [5.74, 6) is 0.831. The van der Waals surface area contributed by atoms with Gasteiger partial charge in [-0.3, -0.25) is 4.57 Å². The zero-order valence-corrected chi connectivity index (χ0v) is 13.8. The van der Waals surface area contributed by atoms with Crippen molar-refractivity contribution >= 4 is 11.8 Å². The van der Waals surface area contributed by atoms with Crippen LogP contribution in [0, 0.1) is 5.92 Å². The second kappa shape index (κ2) is 6.57. The molecular weight excluding hydrogens is 284 g/mol. The molecule has 2 aliphatic rings. The number of hydrogen-bond donors (Lipinski definition) is 2. The first-order valence-corrected chi connectivity index (χ1v) is 9.11. The van der Waals surface area contributed by atoms with Crippen LogP contribution in [0.15, 0.2) is 9.95 Å². The molecule has 0 radical (unpaired) electrons. The van der Waals surface area contributed by atoms with Gasteiger partial charge < -0.3 is 5.32 Å². The van der Waals surface area contributed by atoms with Crippen molar-refractivity contribution in [3.05, 3.63) is 10.5 Å². The van der Waals surface area contributed by atoms with E-state index in [0.29, 0.717) is 17.3 Å². The Balaban J connectivity index is 1.73. The van der Waals surface area contributed by atoms with E-state index in [2.05, 4.69) is 29.5 Å². The lowest BCUT2D eigenvalue weighted by Crippen LogP contribution is -2.41. The number of aromatic amines is 1. The molecule has 5 nitrogen and oxygen atoms in total. The molecule has 2 aliphatic carbocycles. The number of nitrogens with zero attached hydrogens (tertiary/aromatic N) is 2. The summed E-state index contributed by atoms with van der Waals surface area (Å²) in [7, 11) is 2.05. The van der Waals surface area contributed by atoms with E-state index in [9.17, 15) is 4.79 Å². The maximum Gasteiger partial charge on any atom is 0.344 e. The minimum absolute atomic E-state index is 0.0399. The van der Waals surface area contributed by atoms with Crippen molar-refractivity contribution in [3.8, 4) is 0 Å². The fourth-order valence-electron chi connectivity index (χ4n) is 3.51. The maximum atomic E-state index is 11.9. The van der Waals surface area contributed by atoms with Crippen molar-refractivity contribution in [1.29, 1.82) is 0 Å². The molecule has 118 valence electrons. The molecule has 3 unspecified atom stereocenters. The number of nitrogens with one attached hydrogen (secondary N) is 2. The Morgan fingerprint density at radius 3 is 2.86 bits per heavy atom. The molecule has 21 heavy (non-hydrogen) atoms. The lowest BCUT2D eigenvalue weighted by Gasteiger charge is -2.35. The highest BCUT2D eigenvalue weighted by molar-refractivity contribution is 7.99. The van der Waals surface area contributed by atoms with Gasteiger partial charge in [0.2, 0.25) is 0 Å². The highest BCUT2D eigenvalue weighted by Crippen LogP contribution is 2.40. The molecule has 6 heteroatoms. The van der Waals surface area contributed by atoms with Gasteiger partial charge in [-0.1, -0.05) is 31.5 Å². The second-order valence-electron chi connectivity index (χ2n) is 6.43. The first-order chi connectivity index (χ1) is 10.2. The quantitative estimate of drug-likeness (QED) is 0.847. The smallest absolute Gasteiger partial charge is 0.316 e. The lowest BCUT2D eigenvalue weighted by atomic mass is 9.83. The van der Waals surface area contributed by atoms with Crippen LogP contribution in [-0.2, 0) is 0 Å². The van der Waals surface area contributed by atoms with Crippen LogP contribution in [-0.4, -0.2) is 33.1 Å². The highest BCUT2D eigenvalue weighted by Gasteiger charge is 2.34. The highest BCUT2D eigenvalue weighted by atomic mass is 32.2. The van der Waals surface area contributed by atoms with Crippen LogP contribution in [0.25, 0.3) is 0 Å². The first-order valence-electron chi connectivity index (χ1n) is 8.23. The molecule has 3 rings (SSSR count). The largest absolute Gasteiger partial charge is 0.344 e. The van der Waals surface area contributed by atoms with Crippen molar-refractivity contribution in [1.82, 2.24) is 20.1 Å². The Labute approximate surface area is 130 Å². The molecule has 1 aromatic heterocycles. The average molecular weight is 310 g/mol. The predicted octanol–water partition coefficient (Wildman–Crippen LogP) is 2.56. The van der Waals surface area contributed by atoms with Gasteiger partial charge in [-0.15, -0.1) is 5.10 Å². The van der Waals surface area contributed by atoms with E-state index >= 15 is 0 Å². The van der Waals surface area contributed by atoms with Crippen LogP contribution in [0.3, 0.4) is 0 Å². The van der Waals surface area contributed by atoms with Crippen molar-refractivity contribution < 1.29 is 0 Å². The fraction of sp³-hybridized carbons (Fsp3) is 0.867. The first kappa shape index (κ1) is 15.2. The number of rotatable bonds is 6. The summed E-state index contributed by atoms with van der Waals surface area (Å²) in [5, 5.41) is 11.8. The van der Waals surface area contributed by atoms with Gasteiger partial charge >= 0.3 is 5.69 Å². The Kier molecular flexibility index (Phi) is 4.74. The Morgan fingerprint density at radius 1 is 1.38 bits per heavy atom. The SMILES string of the molecule is CCCC1CCC(NC)C(Sc2n[nH]c(=O)n2C2CC2)C1. The van der Waals surface area contributed by atoms with Crippen LogP contribution in [0.5, 0.6) is 0 Å². The molecule has 0 saturated heterocycles. The van der Waals surface area contributed by atoms with Gasteiger partial charge in [0.15, 0.2) is 5.16 Å². The van der Waals surface area contributed by atoms with Crippen LogP contribution >= 0.6 is 11.8 Å². The molecule has 2 N–H and O–H groups in total. The summed E-state index contributed by atoms with van der Waals surface area (Å²) < 4.78 is 1.88. The number of H-pyrrole nitrogens is 1. The number of thioether (sulfide) groups is 1. The second-order valence-corrected chi connectivity index (χ2v) is 7.64. The van der Waals surface area contributed by atoms with Crippen LogP contribution < -0.4 is 11.0 Å². The third kappa shape index (κ3) is 3.37. The average Bonchev–Trinajstić information content (AvgIpc) is 3.25. The molecule has 0 spiro atoms. The molecule has 2 saturated carbocycles. The summed E-state index contributed by atoms with van der Waals surface area (Å²) >= 11 is 1.80. The molecule has 0 aromatic carbocycles. The van der Waals surface area contributed by atoms with Gasteiger partial charge in [0.05, 0.1) is 0 Å². The van der Waals surface area contributed by atoms with E-state index in [-0.39, 0.29) is 5.69 Å². The molecule has 3 atom stereocenters. The van der Waals surface area contributed by atoms with Crippen LogP contribution in [0.2, 0.25) is 0 Å². The van der Waals surface area contributed by atoms with E-state index < -0.39 is 0 Å². The third-order valence-corrected chi connectivity index (χ3v) is 6.13. The Bertz CT molecular complexity index is 522. The molecule has 1 heterocycles. The summed E-state index contributed by atoms with van der Waals surface area (Å²) in [5.41, 5.74) is -0.0399. The molecule has 2 fully saturated rings. The summed E-state index contributed by atoms with van der Waals surface area (Å²) in [6.45, 7) is 2.27. The van der Waals surface area contributed by atoms with Crippen LogP contribution in [0.4, 0.5) is 0 Å². The minimum atomic E-state index is -0.0399. The van der Waals surface area contributed by atoms with Gasteiger partial charge in [-0.2, -0.15) is 0 Å². The molecule has 0 aliphatic heterocycles. The zero-order valence-electron chi connectivity index (χ0n) is 13.0. The van der Waals surface area contributed by atoms with Crippen molar-refractivity contribution in [2.24, 2.45) is 5.92 Å². The number of aromatic nitrogens is 3. The minimum Gasteiger partial charge on any atom is -0.316 e. The fourth-order valence-corrected chi connectivity index (χ4v) is 5.03. The standard InChI is InChI=1S/C15H26N4OS/c1-3-4-10-5-8-12(16-2)13(9-10)21-15-18-17-14(20)19(15)11-6-7-11/h10-13,16H,3-9H2,1-2H3,(H,17,20). The topological polar surface area (TPSA) is 62.7 Å². The van der Waals surface area contributed by atoms with Crippen molar-refractivity contribution in [2.75, 3.05) is 7.05 Å². The maximum absolute atomic E-state index is 11.9. The molecule has 0 bridgehead atoms. The summed E-state index contributed by atoms with van der Waals surface area (Å²) in [6, 6.07) is 0.921. The van der Waals surface area contributed by atoms with E-state index in [1.165, 1.54) is 32.1 Å². The van der Waals surface area contributed by atoms with Gasteiger partial charge in [-0.25, -0.2) is 9.89 Å². The monoisotopic (exact) mass is 310 g/mol. The van der Waals surface area contributed by atoms with Gasteiger partial charge in [0, 0.05) is 17.3 Å². The van der Waals surface area contributed by atoms with E-state index in [1.807, 2.05) is 4.57 Å². The van der Waals surface area contributed by atoms with Gasteiger partial charge in [-0.05, 0) is 45.1 Å². The normalized spacial score (nSPS) is 29.7. The van der Waals surface area contributed by atoms with Crippen molar-refractivity contribution in [3.63, 3.8) is 0 Å².